The molecule has 0 heterocycles. The van der Waals surface area contributed by atoms with Gasteiger partial charge < -0.3 is 0 Å². The monoisotopic (exact) mass is 393 g/mol. The quantitative estimate of drug-likeness (QED) is 0.865. The predicted molar refractivity (Wildman–Crippen MR) is 86.5 cm³/mol. The van der Waals surface area contributed by atoms with Gasteiger partial charge in [0, 0.05) is 6.26 Å². The molecule has 25 heavy (non-hydrogen) atoms. The van der Waals surface area contributed by atoms with Crippen molar-refractivity contribution in [1.29, 1.82) is 0 Å². The van der Waals surface area contributed by atoms with Crippen LogP contribution in [0.25, 0.3) is 0 Å². The van der Waals surface area contributed by atoms with Gasteiger partial charge in [0.2, 0.25) is 0 Å². The molecule has 0 saturated heterocycles. The molecule has 0 fully saturated rings. The Morgan fingerprint density at radius 1 is 0.960 bits per heavy atom. The number of sulfonamides is 1. The number of aryl methyl sites for hydroxylation is 1. The van der Waals surface area contributed by atoms with E-state index in [1.54, 1.807) is 6.92 Å². The summed E-state index contributed by atoms with van der Waals surface area (Å²) in [5.74, 6) is 0. The molecule has 2 aromatic rings. The minimum absolute atomic E-state index is 0.231. The smallest absolute Gasteiger partial charge is 0.278 e. The second kappa shape index (κ2) is 6.34. The van der Waals surface area contributed by atoms with Crippen molar-refractivity contribution in [2.45, 2.75) is 22.9 Å². The van der Waals surface area contributed by atoms with Crippen molar-refractivity contribution < 1.29 is 30.0 Å². The molecule has 0 amide bonds. The van der Waals surface area contributed by atoms with E-state index in [2.05, 4.69) is 0 Å². The van der Waals surface area contributed by atoms with E-state index in [9.17, 15) is 30.0 Å². The van der Waals surface area contributed by atoms with Crippen LogP contribution in [0, 0.1) is 6.92 Å². The molecule has 2 rings (SSSR count). The van der Waals surface area contributed by atoms with Crippen molar-refractivity contribution in [3.63, 3.8) is 0 Å². The topological polar surface area (TPSA) is 80.3 Å². The summed E-state index contributed by atoms with van der Waals surface area (Å²) < 4.78 is 88.7. The Morgan fingerprint density at radius 3 is 2.16 bits per heavy atom. The van der Waals surface area contributed by atoms with Crippen molar-refractivity contribution in [3.05, 3.63) is 53.6 Å². The number of benzene rings is 2. The lowest BCUT2D eigenvalue weighted by atomic mass is 10.2. The molecule has 5 nitrogen and oxygen atoms in total. The number of anilines is 1. The van der Waals surface area contributed by atoms with E-state index in [0.29, 0.717) is 11.6 Å². The van der Waals surface area contributed by atoms with E-state index in [-0.39, 0.29) is 10.6 Å². The molecule has 136 valence electrons. The second-order valence-electron chi connectivity index (χ2n) is 5.40. The van der Waals surface area contributed by atoms with Gasteiger partial charge in [-0.15, -0.1) is 0 Å². The maximum absolute atomic E-state index is 12.8. The van der Waals surface area contributed by atoms with Crippen LogP contribution in [-0.2, 0) is 26.0 Å². The summed E-state index contributed by atoms with van der Waals surface area (Å²) in [6.07, 6.45) is -3.79. The Bertz CT molecular complexity index is 1010. The van der Waals surface area contributed by atoms with E-state index in [1.165, 1.54) is 18.2 Å². The first-order valence-electron chi connectivity index (χ1n) is 6.81. The Kier molecular flexibility index (Phi) is 4.88. The van der Waals surface area contributed by atoms with Gasteiger partial charge in [0.15, 0.2) is 9.84 Å². The molecule has 0 spiro atoms. The number of hydrogen-bond acceptors (Lipinski definition) is 4. The van der Waals surface area contributed by atoms with Crippen LogP contribution in [0.1, 0.15) is 11.1 Å². The van der Waals surface area contributed by atoms with Gasteiger partial charge in [-0.1, -0.05) is 12.1 Å². The fourth-order valence-electron chi connectivity index (χ4n) is 2.06. The lowest BCUT2D eigenvalue weighted by Gasteiger charge is -2.13. The number of sulfone groups is 1. The van der Waals surface area contributed by atoms with E-state index in [0.717, 1.165) is 24.5 Å². The molecule has 0 saturated carbocycles. The Balaban J connectivity index is 2.51. The average molecular weight is 393 g/mol. The van der Waals surface area contributed by atoms with Crippen LogP contribution >= 0.6 is 0 Å². The van der Waals surface area contributed by atoms with Crippen molar-refractivity contribution in [3.8, 4) is 0 Å². The molecule has 0 radical (unpaired) electrons. The fraction of sp³-hybridized carbons (Fsp3) is 0.200. The third-order valence-corrected chi connectivity index (χ3v) is 5.75. The first-order chi connectivity index (χ1) is 11.3. The molecule has 0 aliphatic rings. The van der Waals surface area contributed by atoms with Gasteiger partial charge in [0.1, 0.15) is 0 Å². The van der Waals surface area contributed by atoms with Crippen molar-refractivity contribution in [2.24, 2.45) is 0 Å². The normalized spacial score (nSPS) is 12.8. The van der Waals surface area contributed by atoms with Crippen LogP contribution in [0.2, 0.25) is 0 Å². The van der Waals surface area contributed by atoms with Gasteiger partial charge in [0.05, 0.1) is 21.0 Å². The zero-order valence-corrected chi connectivity index (χ0v) is 14.8. The standard InChI is InChI=1S/C15H14F3NO4S2/c1-10-6-7-13(14(8-10)24(2,20)21)19-25(22,23)12-5-3-4-11(9-12)15(16,17)18/h3-9,19H,1-2H3. The number of nitrogens with one attached hydrogen (secondary N) is 1. The zero-order chi connectivity index (χ0) is 19.0. The highest BCUT2D eigenvalue weighted by molar-refractivity contribution is 7.93. The SMILES string of the molecule is Cc1ccc(NS(=O)(=O)c2cccc(C(F)(F)F)c2)c(S(C)(=O)=O)c1. The summed E-state index contributed by atoms with van der Waals surface area (Å²) in [4.78, 5) is -0.884. The molecule has 0 aliphatic carbocycles. The third kappa shape index (κ3) is 4.51. The lowest BCUT2D eigenvalue weighted by molar-refractivity contribution is -0.137. The number of rotatable bonds is 4. The summed E-state index contributed by atoms with van der Waals surface area (Å²) in [6.45, 7) is 1.62. The van der Waals surface area contributed by atoms with Crippen molar-refractivity contribution in [2.75, 3.05) is 11.0 Å². The maximum atomic E-state index is 12.8. The third-order valence-electron chi connectivity index (χ3n) is 3.25. The second-order valence-corrected chi connectivity index (χ2v) is 9.07. The van der Waals surface area contributed by atoms with Crippen molar-refractivity contribution >= 4 is 25.5 Å². The van der Waals surface area contributed by atoms with Gasteiger partial charge in [-0.3, -0.25) is 4.72 Å². The Hall–Kier alpha value is -2.07. The molecule has 0 aliphatic heterocycles. The van der Waals surface area contributed by atoms with Gasteiger partial charge >= 0.3 is 6.18 Å². The van der Waals surface area contributed by atoms with Crippen LogP contribution in [0.5, 0.6) is 0 Å². The van der Waals surface area contributed by atoms with Gasteiger partial charge in [-0.05, 0) is 42.8 Å². The minimum Gasteiger partial charge on any atom is -0.278 e. The largest absolute Gasteiger partial charge is 0.416 e. The highest BCUT2D eigenvalue weighted by Crippen LogP contribution is 2.31. The summed E-state index contributed by atoms with van der Waals surface area (Å²) in [5, 5.41) is 0. The molecule has 2 aromatic carbocycles. The summed E-state index contributed by atoms with van der Waals surface area (Å²) >= 11 is 0. The highest BCUT2D eigenvalue weighted by atomic mass is 32.2. The van der Waals surface area contributed by atoms with E-state index in [1.807, 2.05) is 4.72 Å². The minimum atomic E-state index is -4.70. The summed E-state index contributed by atoms with van der Waals surface area (Å²) in [7, 11) is -8.16. The maximum Gasteiger partial charge on any atom is 0.416 e. The van der Waals surface area contributed by atoms with Crippen LogP contribution in [-0.4, -0.2) is 23.1 Å². The number of hydrogen-bond donors (Lipinski definition) is 1. The zero-order valence-electron chi connectivity index (χ0n) is 13.1. The molecule has 10 heteroatoms. The number of alkyl halides is 3. The molecule has 0 unspecified atom stereocenters. The number of halogens is 3. The van der Waals surface area contributed by atoms with Gasteiger partial charge in [-0.25, -0.2) is 16.8 Å². The summed E-state index contributed by atoms with van der Waals surface area (Å²) in [5.41, 5.74) is -0.768. The molecule has 1 N–H and O–H groups in total. The van der Waals surface area contributed by atoms with Gasteiger partial charge in [0.25, 0.3) is 10.0 Å². The van der Waals surface area contributed by atoms with Crippen molar-refractivity contribution in [1.82, 2.24) is 0 Å². The van der Waals surface area contributed by atoms with E-state index >= 15 is 0 Å². The summed E-state index contributed by atoms with van der Waals surface area (Å²) in [6, 6.07) is 7.19. The first-order valence-corrected chi connectivity index (χ1v) is 10.2. The molecular formula is C15H14F3NO4S2. The average Bonchev–Trinajstić information content (AvgIpc) is 2.47. The van der Waals surface area contributed by atoms with E-state index in [4.69, 9.17) is 0 Å². The highest BCUT2D eigenvalue weighted by Gasteiger charge is 2.32. The first kappa shape index (κ1) is 19.3. The van der Waals surface area contributed by atoms with Crippen LogP contribution in [0.4, 0.5) is 18.9 Å². The predicted octanol–water partition coefficient (Wildman–Crippen LogP) is 3.22. The Morgan fingerprint density at radius 2 is 1.60 bits per heavy atom. The van der Waals surface area contributed by atoms with Crippen LogP contribution in [0.3, 0.4) is 0 Å². The molecular weight excluding hydrogens is 379 g/mol. The van der Waals surface area contributed by atoms with Crippen LogP contribution in [0.15, 0.2) is 52.3 Å². The molecule has 0 atom stereocenters. The van der Waals surface area contributed by atoms with E-state index < -0.39 is 36.5 Å². The molecule has 0 bridgehead atoms. The lowest BCUT2D eigenvalue weighted by Crippen LogP contribution is -2.16. The van der Waals surface area contributed by atoms with Crippen LogP contribution < -0.4 is 4.72 Å². The fourth-order valence-corrected chi connectivity index (χ4v) is 4.17. The Labute approximate surface area is 143 Å². The van der Waals surface area contributed by atoms with Gasteiger partial charge in [-0.2, -0.15) is 13.2 Å². The molecule has 0 aromatic heterocycles.